The lowest BCUT2D eigenvalue weighted by Crippen LogP contribution is -1.98. The molecule has 2 aromatic rings. The maximum absolute atomic E-state index is 5.71. The Labute approximate surface area is 102 Å². The van der Waals surface area contributed by atoms with E-state index in [1.165, 1.54) is 0 Å². The first kappa shape index (κ1) is 11.8. The molecule has 0 aliphatic rings. The molecule has 0 amide bonds. The van der Waals surface area contributed by atoms with Gasteiger partial charge in [0.25, 0.3) is 0 Å². The van der Waals surface area contributed by atoms with Gasteiger partial charge in [0.2, 0.25) is 0 Å². The molecule has 0 unspecified atom stereocenters. The molecule has 2 nitrogen and oxygen atoms in total. The highest BCUT2D eigenvalue weighted by Crippen LogP contribution is 2.31. The maximum Gasteiger partial charge on any atom is 0.114 e. The van der Waals surface area contributed by atoms with Gasteiger partial charge in [0.1, 0.15) is 23.0 Å². The molecule has 0 aromatic carbocycles. The van der Waals surface area contributed by atoms with Crippen LogP contribution in [0.4, 0.5) is 0 Å². The largest absolute Gasteiger partial charge is 0.466 e. The monoisotopic (exact) mass is 230 g/mol. The van der Waals surface area contributed by atoms with Crippen LogP contribution in [0.25, 0.3) is 0 Å². The van der Waals surface area contributed by atoms with Gasteiger partial charge in [-0.2, -0.15) is 0 Å². The van der Waals surface area contributed by atoms with Crippen LogP contribution in [0.2, 0.25) is 0 Å². The summed E-state index contributed by atoms with van der Waals surface area (Å²) in [6, 6.07) is 8.04. The van der Waals surface area contributed by atoms with E-state index < -0.39 is 0 Å². The number of rotatable bonds is 5. The summed E-state index contributed by atoms with van der Waals surface area (Å²) in [6.07, 6.45) is 3.84. The lowest BCUT2D eigenvalue weighted by atomic mass is 9.97. The number of aryl methyl sites for hydroxylation is 2. The van der Waals surface area contributed by atoms with Crippen LogP contribution in [0.1, 0.15) is 41.8 Å². The van der Waals surface area contributed by atoms with E-state index in [4.69, 9.17) is 8.83 Å². The fraction of sp³-hybridized carbons (Fsp3) is 0.333. The van der Waals surface area contributed by atoms with Crippen LogP contribution < -0.4 is 0 Å². The lowest BCUT2D eigenvalue weighted by molar-refractivity contribution is 0.399. The van der Waals surface area contributed by atoms with Crippen molar-refractivity contribution in [1.82, 2.24) is 0 Å². The van der Waals surface area contributed by atoms with E-state index >= 15 is 0 Å². The third kappa shape index (κ3) is 2.70. The van der Waals surface area contributed by atoms with Crippen molar-refractivity contribution in [1.29, 1.82) is 0 Å². The van der Waals surface area contributed by atoms with Gasteiger partial charge in [-0.15, -0.1) is 6.58 Å². The number of hydrogen-bond donors (Lipinski definition) is 0. The first-order valence-electron chi connectivity index (χ1n) is 5.94. The molecule has 90 valence electrons. The Kier molecular flexibility index (Phi) is 3.52. The zero-order valence-corrected chi connectivity index (χ0v) is 10.4. The van der Waals surface area contributed by atoms with Gasteiger partial charge in [-0.3, -0.25) is 0 Å². The molecule has 2 rings (SSSR count). The molecule has 0 bridgehead atoms. The molecule has 0 saturated heterocycles. The highest BCUT2D eigenvalue weighted by atomic mass is 16.4. The van der Waals surface area contributed by atoms with Crippen molar-refractivity contribution >= 4 is 0 Å². The molecule has 0 saturated carbocycles. The molecule has 0 N–H and O–H groups in total. The fourth-order valence-electron chi connectivity index (χ4n) is 1.99. The molecule has 0 atom stereocenters. The predicted octanol–water partition coefficient (Wildman–Crippen LogP) is 4.59. The molecule has 17 heavy (non-hydrogen) atoms. The van der Waals surface area contributed by atoms with Gasteiger partial charge in [-0.1, -0.05) is 6.08 Å². The smallest absolute Gasteiger partial charge is 0.114 e. The van der Waals surface area contributed by atoms with Crippen LogP contribution in [-0.4, -0.2) is 0 Å². The minimum Gasteiger partial charge on any atom is -0.466 e. The lowest BCUT2D eigenvalue weighted by Gasteiger charge is -2.10. The molecule has 2 aromatic heterocycles. The molecule has 0 radical (unpaired) electrons. The van der Waals surface area contributed by atoms with Gasteiger partial charge in [0.05, 0.1) is 5.92 Å². The summed E-state index contributed by atoms with van der Waals surface area (Å²) < 4.78 is 11.4. The second-order valence-corrected chi connectivity index (χ2v) is 4.32. The molecular weight excluding hydrogens is 212 g/mol. The third-order valence-corrected chi connectivity index (χ3v) is 2.87. The average molecular weight is 230 g/mol. The maximum atomic E-state index is 5.71. The van der Waals surface area contributed by atoms with E-state index in [1.807, 2.05) is 44.2 Å². The summed E-state index contributed by atoms with van der Waals surface area (Å²) >= 11 is 0. The van der Waals surface area contributed by atoms with Gasteiger partial charge >= 0.3 is 0 Å². The number of hydrogen-bond acceptors (Lipinski definition) is 2. The minimum atomic E-state index is 0.190. The van der Waals surface area contributed by atoms with Crippen molar-refractivity contribution in [3.05, 3.63) is 60.0 Å². The Hall–Kier alpha value is -1.70. The van der Waals surface area contributed by atoms with Crippen molar-refractivity contribution in [3.63, 3.8) is 0 Å². The van der Waals surface area contributed by atoms with Crippen molar-refractivity contribution < 1.29 is 8.83 Å². The first-order chi connectivity index (χ1) is 8.20. The van der Waals surface area contributed by atoms with Crippen molar-refractivity contribution in [2.45, 2.75) is 32.6 Å². The number of allylic oxidation sites excluding steroid dienone is 1. The second kappa shape index (κ2) is 5.09. The molecule has 0 spiro atoms. The molecule has 0 fully saturated rings. The van der Waals surface area contributed by atoms with Crippen LogP contribution in [0.5, 0.6) is 0 Å². The van der Waals surface area contributed by atoms with E-state index in [1.54, 1.807) is 0 Å². The van der Waals surface area contributed by atoms with E-state index in [2.05, 4.69) is 6.58 Å². The highest BCUT2D eigenvalue weighted by Gasteiger charge is 2.20. The Morgan fingerprint density at radius 2 is 1.59 bits per heavy atom. The Bertz CT molecular complexity index is 450. The summed E-state index contributed by atoms with van der Waals surface area (Å²) in [6.45, 7) is 7.69. The van der Waals surface area contributed by atoms with Gasteiger partial charge < -0.3 is 8.83 Å². The standard InChI is InChI=1S/C15H18O2/c1-4-5-6-13(14-9-7-11(2)16-14)15-10-8-12(3)17-15/h4,7-10,13H,1,5-6H2,2-3H3. The minimum absolute atomic E-state index is 0.190. The molecule has 2 heteroatoms. The summed E-state index contributed by atoms with van der Waals surface area (Å²) in [5, 5.41) is 0. The second-order valence-electron chi connectivity index (χ2n) is 4.32. The third-order valence-electron chi connectivity index (χ3n) is 2.87. The van der Waals surface area contributed by atoms with Gasteiger partial charge in [-0.05, 0) is 51.0 Å². The summed E-state index contributed by atoms with van der Waals surface area (Å²) in [4.78, 5) is 0. The summed E-state index contributed by atoms with van der Waals surface area (Å²) in [5.74, 6) is 4.01. The molecule has 0 aliphatic heterocycles. The molecular formula is C15H18O2. The normalized spacial score (nSPS) is 11.0. The first-order valence-corrected chi connectivity index (χ1v) is 5.94. The highest BCUT2D eigenvalue weighted by molar-refractivity contribution is 5.22. The van der Waals surface area contributed by atoms with Crippen LogP contribution in [0.3, 0.4) is 0 Å². The number of furan rings is 2. The van der Waals surface area contributed by atoms with Crippen LogP contribution in [0.15, 0.2) is 45.8 Å². The zero-order valence-electron chi connectivity index (χ0n) is 10.4. The SMILES string of the molecule is C=CCCC(c1ccc(C)o1)c1ccc(C)o1. The Morgan fingerprint density at radius 3 is 1.94 bits per heavy atom. The van der Waals surface area contributed by atoms with Gasteiger partial charge in [0, 0.05) is 0 Å². The topological polar surface area (TPSA) is 26.3 Å². The quantitative estimate of drug-likeness (QED) is 0.702. The van der Waals surface area contributed by atoms with E-state index in [0.29, 0.717) is 0 Å². The van der Waals surface area contributed by atoms with E-state index in [0.717, 1.165) is 35.9 Å². The van der Waals surface area contributed by atoms with Gasteiger partial charge in [0.15, 0.2) is 0 Å². The summed E-state index contributed by atoms with van der Waals surface area (Å²) in [7, 11) is 0. The summed E-state index contributed by atoms with van der Waals surface area (Å²) in [5.41, 5.74) is 0. The van der Waals surface area contributed by atoms with Crippen LogP contribution >= 0.6 is 0 Å². The average Bonchev–Trinajstić information content (AvgIpc) is 2.89. The van der Waals surface area contributed by atoms with Crippen molar-refractivity contribution in [2.75, 3.05) is 0 Å². The van der Waals surface area contributed by atoms with Crippen LogP contribution in [-0.2, 0) is 0 Å². The van der Waals surface area contributed by atoms with Crippen LogP contribution in [0, 0.1) is 13.8 Å². The predicted molar refractivity (Wildman–Crippen MR) is 68.2 cm³/mol. The van der Waals surface area contributed by atoms with Gasteiger partial charge in [-0.25, -0.2) is 0 Å². The molecule has 0 aliphatic carbocycles. The molecule has 2 heterocycles. The van der Waals surface area contributed by atoms with Crippen molar-refractivity contribution in [2.24, 2.45) is 0 Å². The fourth-order valence-corrected chi connectivity index (χ4v) is 1.99. The Balaban J connectivity index is 2.27. The van der Waals surface area contributed by atoms with E-state index in [9.17, 15) is 0 Å². The zero-order chi connectivity index (χ0) is 12.3. The van der Waals surface area contributed by atoms with Crippen molar-refractivity contribution in [3.8, 4) is 0 Å². The Morgan fingerprint density at radius 1 is 1.06 bits per heavy atom. The van der Waals surface area contributed by atoms with E-state index in [-0.39, 0.29) is 5.92 Å².